The number of phenols is 1. The van der Waals surface area contributed by atoms with Gasteiger partial charge in [0, 0.05) is 0 Å². The summed E-state index contributed by atoms with van der Waals surface area (Å²) < 4.78 is 4.91. The van der Waals surface area contributed by atoms with Gasteiger partial charge in [-0.25, -0.2) is 0 Å². The van der Waals surface area contributed by atoms with Gasteiger partial charge in [-0.3, -0.25) is 0 Å². The van der Waals surface area contributed by atoms with Crippen molar-refractivity contribution in [2.24, 2.45) is 0 Å². The van der Waals surface area contributed by atoms with E-state index in [1.165, 1.54) is 5.56 Å². The topological polar surface area (TPSA) is 29.5 Å². The van der Waals surface area contributed by atoms with Crippen LogP contribution in [-0.4, -0.2) is 12.2 Å². The van der Waals surface area contributed by atoms with Crippen LogP contribution in [-0.2, 0) is 0 Å². The second-order valence-corrected chi connectivity index (χ2v) is 3.35. The van der Waals surface area contributed by atoms with Gasteiger partial charge < -0.3 is 9.84 Å². The molecule has 1 N–H and O–H groups in total. The van der Waals surface area contributed by atoms with Gasteiger partial charge >= 0.3 is 0 Å². The fraction of sp³-hybridized carbons (Fsp3) is 0.143. The first-order valence-electron chi connectivity index (χ1n) is 5.07. The van der Waals surface area contributed by atoms with Crippen LogP contribution in [0.5, 0.6) is 11.5 Å². The quantitative estimate of drug-likeness (QED) is 0.791. The van der Waals surface area contributed by atoms with E-state index in [-0.39, 0.29) is 0 Å². The Bertz CT molecular complexity index is 372. The predicted molar refractivity (Wildman–Crippen MR) is 65.8 cm³/mol. The van der Waals surface area contributed by atoms with E-state index < -0.39 is 0 Å². The lowest BCUT2D eigenvalue weighted by atomic mass is 10.2. The van der Waals surface area contributed by atoms with Gasteiger partial charge in [0.25, 0.3) is 0 Å². The van der Waals surface area contributed by atoms with Gasteiger partial charge in [0.15, 0.2) is 0 Å². The van der Waals surface area contributed by atoms with Crippen LogP contribution in [0.3, 0.4) is 0 Å². The van der Waals surface area contributed by atoms with Gasteiger partial charge in [0.05, 0.1) is 7.11 Å². The second kappa shape index (κ2) is 6.51. The maximum Gasteiger partial charge on any atom is 0.118 e. The molecule has 0 saturated heterocycles. The van der Waals surface area contributed by atoms with Crippen molar-refractivity contribution in [2.75, 3.05) is 7.11 Å². The Morgan fingerprint density at radius 1 is 0.875 bits per heavy atom. The molecular formula is C14H16O2. The predicted octanol–water partition coefficient (Wildman–Crippen LogP) is 3.40. The van der Waals surface area contributed by atoms with Crippen LogP contribution in [0.1, 0.15) is 5.56 Å². The highest BCUT2D eigenvalue weighted by molar-refractivity contribution is 5.24. The third-order valence-corrected chi connectivity index (χ3v) is 2.01. The maximum atomic E-state index is 8.76. The minimum absolute atomic E-state index is 0.329. The van der Waals surface area contributed by atoms with Crippen molar-refractivity contribution < 1.29 is 9.84 Å². The first-order chi connectivity index (χ1) is 7.72. The second-order valence-electron chi connectivity index (χ2n) is 3.35. The third kappa shape index (κ3) is 4.51. The normalized spacial score (nSPS) is 8.88. The van der Waals surface area contributed by atoms with Gasteiger partial charge in [-0.05, 0) is 31.2 Å². The van der Waals surface area contributed by atoms with E-state index in [1.54, 1.807) is 19.2 Å². The van der Waals surface area contributed by atoms with E-state index in [2.05, 4.69) is 0 Å². The molecule has 2 aromatic rings. The fourth-order valence-corrected chi connectivity index (χ4v) is 1.10. The van der Waals surface area contributed by atoms with Crippen LogP contribution in [0.2, 0.25) is 0 Å². The Labute approximate surface area is 96.1 Å². The van der Waals surface area contributed by atoms with Gasteiger partial charge in [-0.15, -0.1) is 0 Å². The minimum Gasteiger partial charge on any atom is -0.508 e. The number of ether oxygens (including phenoxy) is 1. The molecule has 2 aromatic carbocycles. The number of para-hydroxylation sites is 1. The van der Waals surface area contributed by atoms with Crippen molar-refractivity contribution in [1.82, 2.24) is 0 Å². The molecule has 0 atom stereocenters. The Morgan fingerprint density at radius 3 is 1.81 bits per heavy atom. The van der Waals surface area contributed by atoms with Crippen LogP contribution < -0.4 is 4.74 Å². The van der Waals surface area contributed by atoms with Gasteiger partial charge in [0.1, 0.15) is 11.5 Å². The lowest BCUT2D eigenvalue weighted by Gasteiger charge is -1.93. The summed E-state index contributed by atoms with van der Waals surface area (Å²) in [4.78, 5) is 0. The number of rotatable bonds is 1. The molecule has 2 heteroatoms. The van der Waals surface area contributed by atoms with Crippen LogP contribution in [0.25, 0.3) is 0 Å². The Balaban J connectivity index is 0.000000160. The van der Waals surface area contributed by atoms with Gasteiger partial charge in [-0.1, -0.05) is 35.9 Å². The SMILES string of the molecule is COc1ccccc1.Cc1ccc(O)cc1. The van der Waals surface area contributed by atoms with Crippen molar-refractivity contribution in [2.45, 2.75) is 6.92 Å². The molecule has 0 aliphatic carbocycles. The molecule has 84 valence electrons. The van der Waals surface area contributed by atoms with E-state index in [1.807, 2.05) is 49.4 Å². The highest BCUT2D eigenvalue weighted by Gasteiger charge is 1.82. The fourth-order valence-electron chi connectivity index (χ4n) is 1.10. The molecule has 0 amide bonds. The molecule has 0 fully saturated rings. The summed E-state index contributed by atoms with van der Waals surface area (Å²) in [6.07, 6.45) is 0. The molecule has 0 aliphatic heterocycles. The van der Waals surface area contributed by atoms with Gasteiger partial charge in [-0.2, -0.15) is 0 Å². The summed E-state index contributed by atoms with van der Waals surface area (Å²) in [5, 5.41) is 8.76. The van der Waals surface area contributed by atoms with Crippen LogP contribution in [0, 0.1) is 6.92 Å². The Hall–Kier alpha value is -1.96. The molecule has 0 unspecified atom stereocenters. The summed E-state index contributed by atoms with van der Waals surface area (Å²) in [5.74, 6) is 1.24. The highest BCUT2D eigenvalue weighted by Crippen LogP contribution is 2.07. The average molecular weight is 216 g/mol. The molecule has 0 aliphatic rings. The summed E-state index contributed by atoms with van der Waals surface area (Å²) in [6, 6.07) is 16.8. The Kier molecular flexibility index (Phi) is 4.93. The minimum atomic E-state index is 0.329. The molecule has 16 heavy (non-hydrogen) atoms. The smallest absolute Gasteiger partial charge is 0.118 e. The zero-order valence-corrected chi connectivity index (χ0v) is 9.55. The Morgan fingerprint density at radius 2 is 1.44 bits per heavy atom. The van der Waals surface area contributed by atoms with Crippen LogP contribution >= 0.6 is 0 Å². The average Bonchev–Trinajstić information content (AvgIpc) is 2.35. The first-order valence-corrected chi connectivity index (χ1v) is 5.07. The number of aryl methyl sites for hydroxylation is 1. The van der Waals surface area contributed by atoms with Crippen molar-refractivity contribution in [3.63, 3.8) is 0 Å². The molecule has 0 spiro atoms. The van der Waals surface area contributed by atoms with Crippen LogP contribution in [0.15, 0.2) is 54.6 Å². The van der Waals surface area contributed by atoms with E-state index in [4.69, 9.17) is 9.84 Å². The molecule has 0 aromatic heterocycles. The van der Waals surface area contributed by atoms with E-state index in [0.29, 0.717) is 5.75 Å². The molecule has 0 radical (unpaired) electrons. The molecule has 0 heterocycles. The summed E-state index contributed by atoms with van der Waals surface area (Å²) in [5.41, 5.74) is 1.17. The van der Waals surface area contributed by atoms with Crippen molar-refractivity contribution in [1.29, 1.82) is 0 Å². The van der Waals surface area contributed by atoms with E-state index >= 15 is 0 Å². The number of aromatic hydroxyl groups is 1. The van der Waals surface area contributed by atoms with E-state index in [9.17, 15) is 0 Å². The number of benzene rings is 2. The molecule has 2 rings (SSSR count). The number of hydrogen-bond acceptors (Lipinski definition) is 2. The van der Waals surface area contributed by atoms with Crippen molar-refractivity contribution in [3.8, 4) is 11.5 Å². The lowest BCUT2D eigenvalue weighted by molar-refractivity contribution is 0.415. The molecule has 0 bridgehead atoms. The van der Waals surface area contributed by atoms with E-state index in [0.717, 1.165) is 5.75 Å². The van der Waals surface area contributed by atoms with Crippen LogP contribution in [0.4, 0.5) is 0 Å². The zero-order valence-electron chi connectivity index (χ0n) is 9.55. The molecular weight excluding hydrogens is 200 g/mol. The highest BCUT2D eigenvalue weighted by atomic mass is 16.5. The number of hydrogen-bond donors (Lipinski definition) is 1. The summed E-state index contributed by atoms with van der Waals surface area (Å²) >= 11 is 0. The zero-order chi connectivity index (χ0) is 11.8. The lowest BCUT2D eigenvalue weighted by Crippen LogP contribution is -1.78. The first kappa shape index (κ1) is 12.1. The molecule has 0 saturated carbocycles. The van der Waals surface area contributed by atoms with Crippen molar-refractivity contribution >= 4 is 0 Å². The molecule has 2 nitrogen and oxygen atoms in total. The number of phenolic OH excluding ortho intramolecular Hbond substituents is 1. The number of methoxy groups -OCH3 is 1. The third-order valence-electron chi connectivity index (χ3n) is 2.01. The largest absolute Gasteiger partial charge is 0.508 e. The van der Waals surface area contributed by atoms with Crippen molar-refractivity contribution in [3.05, 3.63) is 60.2 Å². The summed E-state index contributed by atoms with van der Waals surface area (Å²) in [6.45, 7) is 1.99. The standard InChI is InChI=1S/2C7H8O/c1-6-2-4-7(8)5-3-6;1-8-7-5-3-2-4-6-7/h2-5,8H,1H3;2-6H,1H3. The summed E-state index contributed by atoms with van der Waals surface area (Å²) in [7, 11) is 1.66. The monoisotopic (exact) mass is 216 g/mol. The van der Waals surface area contributed by atoms with Gasteiger partial charge in [0.2, 0.25) is 0 Å². The maximum absolute atomic E-state index is 8.76.